The molecule has 21 heavy (non-hydrogen) atoms. The summed E-state index contributed by atoms with van der Waals surface area (Å²) >= 11 is 0. The van der Waals surface area contributed by atoms with Crippen molar-refractivity contribution in [2.45, 2.75) is 18.9 Å². The fourth-order valence-corrected chi connectivity index (χ4v) is 3.11. The Bertz CT molecular complexity index is 543. The summed E-state index contributed by atoms with van der Waals surface area (Å²) in [6.07, 6.45) is 6.57. The maximum atomic E-state index is 10.7. The minimum absolute atomic E-state index is 0.151. The number of nitro benzene ring substituents is 1. The maximum absolute atomic E-state index is 10.7. The van der Waals surface area contributed by atoms with E-state index < -0.39 is 0 Å². The molecule has 1 atom stereocenters. The van der Waals surface area contributed by atoms with E-state index in [0.29, 0.717) is 6.04 Å². The van der Waals surface area contributed by atoms with Gasteiger partial charge in [0.15, 0.2) is 0 Å². The zero-order chi connectivity index (χ0) is 14.8. The number of non-ortho nitro benzene ring substituents is 1. The van der Waals surface area contributed by atoms with Crippen LogP contribution in [0.25, 0.3) is 0 Å². The monoisotopic (exact) mass is 288 g/mol. The quantitative estimate of drug-likeness (QED) is 0.628. The van der Waals surface area contributed by atoms with Crippen molar-refractivity contribution in [3.63, 3.8) is 0 Å². The lowest BCUT2D eigenvalue weighted by Gasteiger charge is -2.30. The third-order valence-electron chi connectivity index (χ3n) is 4.15. The van der Waals surface area contributed by atoms with Crippen LogP contribution < -0.4 is 4.90 Å². The van der Waals surface area contributed by atoms with Crippen LogP contribution in [0, 0.1) is 10.1 Å². The van der Waals surface area contributed by atoms with Gasteiger partial charge in [-0.3, -0.25) is 10.1 Å². The molecule has 0 N–H and O–H groups in total. The van der Waals surface area contributed by atoms with Crippen LogP contribution in [0.2, 0.25) is 0 Å². The van der Waals surface area contributed by atoms with Gasteiger partial charge in [0.25, 0.3) is 5.69 Å². The first kappa shape index (κ1) is 13.7. The molecule has 1 saturated heterocycles. The Kier molecular flexibility index (Phi) is 3.68. The lowest BCUT2D eigenvalue weighted by molar-refractivity contribution is -0.384. The molecule has 2 aliphatic heterocycles. The van der Waals surface area contributed by atoms with Gasteiger partial charge >= 0.3 is 0 Å². The highest BCUT2D eigenvalue weighted by Gasteiger charge is 2.27. The van der Waals surface area contributed by atoms with Crippen LogP contribution in [0.5, 0.6) is 0 Å². The van der Waals surface area contributed by atoms with Crippen molar-refractivity contribution < 1.29 is 4.92 Å². The van der Waals surface area contributed by atoms with E-state index in [1.165, 1.54) is 12.8 Å². The molecule has 0 amide bonds. The van der Waals surface area contributed by atoms with Crippen LogP contribution in [-0.2, 0) is 0 Å². The van der Waals surface area contributed by atoms with Gasteiger partial charge < -0.3 is 14.7 Å². The van der Waals surface area contributed by atoms with E-state index in [4.69, 9.17) is 0 Å². The van der Waals surface area contributed by atoms with Crippen molar-refractivity contribution in [2.75, 3.05) is 31.7 Å². The highest BCUT2D eigenvalue weighted by Crippen LogP contribution is 2.28. The topological polar surface area (TPSA) is 52.9 Å². The zero-order valence-electron chi connectivity index (χ0n) is 12.2. The molecule has 0 radical (unpaired) electrons. The van der Waals surface area contributed by atoms with E-state index in [1.807, 2.05) is 12.1 Å². The minimum atomic E-state index is -0.351. The summed E-state index contributed by atoms with van der Waals surface area (Å²) in [5, 5.41) is 10.7. The zero-order valence-corrected chi connectivity index (χ0v) is 12.2. The van der Waals surface area contributed by atoms with E-state index >= 15 is 0 Å². The first-order chi connectivity index (χ1) is 10.1. The van der Waals surface area contributed by atoms with Crippen molar-refractivity contribution in [3.05, 3.63) is 46.8 Å². The van der Waals surface area contributed by atoms with Gasteiger partial charge in [0.1, 0.15) is 0 Å². The average Bonchev–Trinajstić information content (AvgIpc) is 3.09. The molecule has 2 aliphatic rings. The van der Waals surface area contributed by atoms with Crippen molar-refractivity contribution >= 4 is 11.4 Å². The summed E-state index contributed by atoms with van der Waals surface area (Å²) in [4.78, 5) is 17.2. The van der Waals surface area contributed by atoms with Gasteiger partial charge in [-0.2, -0.15) is 0 Å². The van der Waals surface area contributed by atoms with Crippen molar-refractivity contribution in [1.82, 2.24) is 9.80 Å². The Morgan fingerprint density at radius 3 is 2.67 bits per heavy atom. The first-order valence-corrected chi connectivity index (χ1v) is 7.27. The van der Waals surface area contributed by atoms with Gasteiger partial charge in [-0.25, -0.2) is 0 Å². The van der Waals surface area contributed by atoms with Crippen LogP contribution in [0.3, 0.4) is 0 Å². The van der Waals surface area contributed by atoms with Gasteiger partial charge in [0, 0.05) is 56.4 Å². The van der Waals surface area contributed by atoms with Crippen LogP contribution >= 0.6 is 0 Å². The van der Waals surface area contributed by atoms with Crippen molar-refractivity contribution in [1.29, 1.82) is 0 Å². The molecule has 1 unspecified atom stereocenters. The minimum Gasteiger partial charge on any atom is -0.367 e. The molecule has 0 aromatic heterocycles. The van der Waals surface area contributed by atoms with Crippen LogP contribution in [0.4, 0.5) is 11.4 Å². The second kappa shape index (κ2) is 5.63. The lowest BCUT2D eigenvalue weighted by atomic mass is 10.2. The first-order valence-electron chi connectivity index (χ1n) is 7.27. The third-order valence-corrected chi connectivity index (χ3v) is 4.15. The van der Waals surface area contributed by atoms with Gasteiger partial charge in [-0.05, 0) is 25.0 Å². The number of nitrogens with zero attached hydrogens (tertiary/aromatic N) is 4. The molecule has 0 saturated carbocycles. The Labute approximate surface area is 124 Å². The van der Waals surface area contributed by atoms with E-state index in [1.54, 1.807) is 12.1 Å². The highest BCUT2D eigenvalue weighted by molar-refractivity contribution is 5.52. The number of benzene rings is 1. The molecule has 1 fully saturated rings. The Balaban J connectivity index is 1.68. The lowest BCUT2D eigenvalue weighted by Crippen LogP contribution is -2.39. The largest absolute Gasteiger partial charge is 0.367 e. The molecule has 112 valence electrons. The van der Waals surface area contributed by atoms with E-state index in [2.05, 4.69) is 34.1 Å². The summed E-state index contributed by atoms with van der Waals surface area (Å²) in [5.74, 6) is 0. The Morgan fingerprint density at radius 2 is 2.05 bits per heavy atom. The summed E-state index contributed by atoms with van der Waals surface area (Å²) in [6.45, 7) is 2.96. The number of nitro groups is 1. The molecule has 0 bridgehead atoms. The molecule has 1 aromatic carbocycles. The summed E-state index contributed by atoms with van der Waals surface area (Å²) in [5.41, 5.74) is 1.23. The van der Waals surface area contributed by atoms with E-state index in [9.17, 15) is 10.1 Å². The van der Waals surface area contributed by atoms with Crippen molar-refractivity contribution in [2.24, 2.45) is 0 Å². The van der Waals surface area contributed by atoms with Crippen LogP contribution in [-0.4, -0.2) is 47.6 Å². The van der Waals surface area contributed by atoms with Crippen molar-refractivity contribution in [3.8, 4) is 0 Å². The number of rotatable bonds is 4. The Hall–Kier alpha value is -2.24. The fourth-order valence-electron chi connectivity index (χ4n) is 3.11. The maximum Gasteiger partial charge on any atom is 0.269 e. The highest BCUT2D eigenvalue weighted by atomic mass is 16.6. The van der Waals surface area contributed by atoms with E-state index in [0.717, 1.165) is 25.4 Å². The molecule has 1 aromatic rings. The standard InChI is InChI=1S/C15H20N4O2/c1-16-9-10-17(12-16)11-15-3-2-8-18(15)13-4-6-14(7-5-13)19(20)21/h4-7,9-10,15H,2-3,8,11-12H2,1H3. The van der Waals surface area contributed by atoms with Crippen LogP contribution in [0.1, 0.15) is 12.8 Å². The second-order valence-corrected chi connectivity index (χ2v) is 5.73. The summed E-state index contributed by atoms with van der Waals surface area (Å²) in [7, 11) is 2.07. The average molecular weight is 288 g/mol. The summed E-state index contributed by atoms with van der Waals surface area (Å²) < 4.78 is 0. The van der Waals surface area contributed by atoms with Gasteiger partial charge in [0.2, 0.25) is 0 Å². The number of hydrogen-bond acceptors (Lipinski definition) is 5. The fraction of sp³-hybridized carbons (Fsp3) is 0.467. The predicted octanol–water partition coefficient (Wildman–Crippen LogP) is 2.24. The van der Waals surface area contributed by atoms with Crippen LogP contribution in [0.15, 0.2) is 36.7 Å². The van der Waals surface area contributed by atoms with Gasteiger partial charge in [-0.1, -0.05) is 0 Å². The summed E-state index contributed by atoms with van der Waals surface area (Å²) in [6, 6.07) is 7.38. The molecule has 6 nitrogen and oxygen atoms in total. The molecule has 0 spiro atoms. The number of hydrogen-bond donors (Lipinski definition) is 0. The van der Waals surface area contributed by atoms with E-state index in [-0.39, 0.29) is 10.6 Å². The molecule has 3 rings (SSSR count). The normalized spacial score (nSPS) is 21.4. The van der Waals surface area contributed by atoms with Gasteiger partial charge in [0.05, 0.1) is 11.6 Å². The number of anilines is 1. The SMILES string of the molecule is CN1C=CN(CC2CCCN2c2ccc([N+](=O)[O-])cc2)C1. The molecule has 6 heteroatoms. The predicted molar refractivity (Wildman–Crippen MR) is 81.9 cm³/mol. The third kappa shape index (κ3) is 2.94. The Morgan fingerprint density at radius 1 is 1.29 bits per heavy atom. The molecule has 0 aliphatic carbocycles. The smallest absolute Gasteiger partial charge is 0.269 e. The second-order valence-electron chi connectivity index (χ2n) is 5.73. The molecule has 2 heterocycles. The van der Waals surface area contributed by atoms with Gasteiger partial charge in [-0.15, -0.1) is 0 Å². The molecular weight excluding hydrogens is 268 g/mol. The molecular formula is C15H20N4O2.